The van der Waals surface area contributed by atoms with Crippen molar-refractivity contribution in [2.75, 3.05) is 0 Å². The molecule has 4 rings (SSSR count). The summed E-state index contributed by atoms with van der Waals surface area (Å²) >= 11 is 9.61. The van der Waals surface area contributed by atoms with Gasteiger partial charge in [0.1, 0.15) is 12.4 Å². The second-order valence-electron chi connectivity index (χ2n) is 7.51. The van der Waals surface area contributed by atoms with Crippen LogP contribution in [0.3, 0.4) is 0 Å². The molecule has 0 radical (unpaired) electrons. The Kier molecular flexibility index (Phi) is 7.08. The van der Waals surface area contributed by atoms with Gasteiger partial charge in [0.25, 0.3) is 11.2 Å². The van der Waals surface area contributed by atoms with Crippen LogP contribution in [0.15, 0.2) is 69.0 Å². The average molecular weight is 573 g/mol. The van der Waals surface area contributed by atoms with E-state index in [2.05, 4.69) is 26.0 Å². The molecule has 13 heteroatoms. The highest BCUT2D eigenvalue weighted by atomic mass is 79.9. The minimum atomic E-state index is -0.668. The van der Waals surface area contributed by atoms with Crippen LogP contribution in [0.2, 0.25) is 5.02 Å². The summed E-state index contributed by atoms with van der Waals surface area (Å²) < 4.78 is 7.34. The third kappa shape index (κ3) is 5.24. The number of aryl methyl sites for hydroxylation is 1. The first-order valence-electron chi connectivity index (χ1n) is 10.2. The summed E-state index contributed by atoms with van der Waals surface area (Å²) in [6, 6.07) is 13.4. The zero-order valence-corrected chi connectivity index (χ0v) is 20.8. The van der Waals surface area contributed by atoms with Gasteiger partial charge in [0.15, 0.2) is 0 Å². The molecule has 0 bridgehead atoms. The monoisotopic (exact) mass is 571 g/mol. The Morgan fingerprint density at radius 3 is 2.64 bits per heavy atom. The zero-order valence-electron chi connectivity index (χ0n) is 18.4. The topological polar surface area (TPSA) is 143 Å². The molecule has 3 aromatic carbocycles. The van der Waals surface area contributed by atoms with E-state index in [-0.39, 0.29) is 28.6 Å². The minimum Gasteiger partial charge on any atom is -0.481 e. The number of nitro groups is 2. The Hall–Kier alpha value is -4.16. The number of aromatic nitrogens is 2. The largest absolute Gasteiger partial charge is 0.481 e. The van der Waals surface area contributed by atoms with E-state index >= 15 is 0 Å². The van der Waals surface area contributed by atoms with Gasteiger partial charge in [-0.05, 0) is 36.8 Å². The fourth-order valence-corrected chi connectivity index (χ4v) is 4.03. The quantitative estimate of drug-likeness (QED) is 0.164. The van der Waals surface area contributed by atoms with Crippen molar-refractivity contribution >= 4 is 56.0 Å². The van der Waals surface area contributed by atoms with Gasteiger partial charge in [-0.2, -0.15) is 9.78 Å². The number of nitro benzene ring substituents is 2. The molecular formula is C23H15BrClN5O6. The van der Waals surface area contributed by atoms with Crippen molar-refractivity contribution in [1.29, 1.82) is 0 Å². The molecule has 0 spiro atoms. The number of ether oxygens (including phenoxy) is 1. The fourth-order valence-electron chi connectivity index (χ4n) is 3.39. The fraction of sp³-hybridized carbons (Fsp3) is 0.0870. The van der Waals surface area contributed by atoms with Crippen LogP contribution in [0, 0.1) is 27.2 Å². The van der Waals surface area contributed by atoms with Gasteiger partial charge >= 0.3 is 5.69 Å². The van der Waals surface area contributed by atoms with Crippen molar-refractivity contribution in [3.63, 3.8) is 0 Å². The van der Waals surface area contributed by atoms with E-state index in [1.807, 2.05) is 0 Å². The first-order valence-corrected chi connectivity index (χ1v) is 11.4. The van der Waals surface area contributed by atoms with Gasteiger partial charge in [0.2, 0.25) is 5.75 Å². The van der Waals surface area contributed by atoms with E-state index in [4.69, 9.17) is 16.3 Å². The standard InChI is InChI=1S/C23H15BrClN5O6/c1-13-27-20-6-5-16(24)10-18(20)23(31)28(13)26-11-15-8-19(25)22(21(9-15)30(34)35)36-12-14-3-2-4-17(7-14)29(32)33/h2-11H,12H2,1H3. The van der Waals surface area contributed by atoms with Crippen LogP contribution in [-0.2, 0) is 6.61 Å². The summed E-state index contributed by atoms with van der Waals surface area (Å²) in [6.45, 7) is 1.43. The molecule has 0 saturated carbocycles. The number of hydrogen-bond acceptors (Lipinski definition) is 8. The van der Waals surface area contributed by atoms with E-state index < -0.39 is 21.1 Å². The molecule has 0 amide bonds. The van der Waals surface area contributed by atoms with Crippen molar-refractivity contribution in [2.45, 2.75) is 13.5 Å². The molecule has 0 saturated heterocycles. The summed E-state index contributed by atoms with van der Waals surface area (Å²) in [5.74, 6) is 0.125. The Bertz CT molecular complexity index is 1620. The summed E-state index contributed by atoms with van der Waals surface area (Å²) in [4.78, 5) is 38.7. The lowest BCUT2D eigenvalue weighted by Crippen LogP contribution is -2.20. The Labute approximate surface area is 216 Å². The molecule has 0 aliphatic rings. The van der Waals surface area contributed by atoms with Crippen molar-refractivity contribution in [3.8, 4) is 5.75 Å². The number of nitrogens with zero attached hydrogens (tertiary/aromatic N) is 5. The van der Waals surface area contributed by atoms with Crippen LogP contribution in [0.25, 0.3) is 10.9 Å². The van der Waals surface area contributed by atoms with Crippen LogP contribution in [-0.4, -0.2) is 25.7 Å². The molecule has 182 valence electrons. The molecule has 11 nitrogen and oxygen atoms in total. The molecule has 0 atom stereocenters. The van der Waals surface area contributed by atoms with Crippen LogP contribution < -0.4 is 10.3 Å². The molecule has 0 fully saturated rings. The van der Waals surface area contributed by atoms with Crippen molar-refractivity contribution in [1.82, 2.24) is 9.66 Å². The van der Waals surface area contributed by atoms with Gasteiger partial charge in [0.05, 0.1) is 32.0 Å². The maximum atomic E-state index is 12.9. The van der Waals surface area contributed by atoms with Gasteiger partial charge in [-0.25, -0.2) is 4.98 Å². The zero-order chi connectivity index (χ0) is 26.0. The molecule has 1 aromatic heterocycles. The predicted molar refractivity (Wildman–Crippen MR) is 137 cm³/mol. The molecule has 0 unspecified atom stereocenters. The van der Waals surface area contributed by atoms with Crippen LogP contribution >= 0.6 is 27.5 Å². The van der Waals surface area contributed by atoms with E-state index in [1.54, 1.807) is 31.2 Å². The highest BCUT2D eigenvalue weighted by Gasteiger charge is 2.21. The maximum Gasteiger partial charge on any atom is 0.313 e. The van der Waals surface area contributed by atoms with Gasteiger partial charge in [0, 0.05) is 28.2 Å². The Balaban J connectivity index is 1.66. The SMILES string of the molecule is Cc1nc2ccc(Br)cc2c(=O)n1N=Cc1cc(Cl)c(OCc2cccc([N+](=O)[O-])c2)c([N+](=O)[O-])c1. The second kappa shape index (κ2) is 10.2. The Morgan fingerprint density at radius 1 is 1.14 bits per heavy atom. The highest BCUT2D eigenvalue weighted by Crippen LogP contribution is 2.36. The second-order valence-corrected chi connectivity index (χ2v) is 8.83. The molecule has 0 aliphatic heterocycles. The third-order valence-corrected chi connectivity index (χ3v) is 5.81. The van der Waals surface area contributed by atoms with Crippen LogP contribution in [0.1, 0.15) is 17.0 Å². The van der Waals surface area contributed by atoms with Gasteiger partial charge in [-0.1, -0.05) is 39.7 Å². The molecule has 4 aromatic rings. The van der Waals surface area contributed by atoms with Gasteiger partial charge in [-0.3, -0.25) is 25.0 Å². The van der Waals surface area contributed by atoms with E-state index in [1.165, 1.54) is 36.5 Å². The van der Waals surface area contributed by atoms with E-state index in [0.29, 0.717) is 26.8 Å². The lowest BCUT2D eigenvalue weighted by molar-refractivity contribution is -0.385. The van der Waals surface area contributed by atoms with Gasteiger partial charge < -0.3 is 4.74 Å². The van der Waals surface area contributed by atoms with Gasteiger partial charge in [-0.15, -0.1) is 0 Å². The minimum absolute atomic E-state index is 0.0688. The van der Waals surface area contributed by atoms with E-state index in [0.717, 1.165) is 4.68 Å². The average Bonchev–Trinajstić information content (AvgIpc) is 2.83. The summed E-state index contributed by atoms with van der Waals surface area (Å²) in [7, 11) is 0. The summed E-state index contributed by atoms with van der Waals surface area (Å²) in [5.41, 5.74) is 0.215. The molecule has 0 aliphatic carbocycles. The normalized spacial score (nSPS) is 11.2. The van der Waals surface area contributed by atoms with Crippen LogP contribution in [0.5, 0.6) is 5.75 Å². The molecule has 36 heavy (non-hydrogen) atoms. The van der Waals surface area contributed by atoms with Crippen molar-refractivity contribution in [2.24, 2.45) is 5.10 Å². The first-order chi connectivity index (χ1) is 17.1. The molecular weight excluding hydrogens is 558 g/mol. The number of non-ortho nitro benzene ring substituents is 1. The molecule has 1 heterocycles. The van der Waals surface area contributed by atoms with Crippen molar-refractivity contribution < 1.29 is 14.6 Å². The van der Waals surface area contributed by atoms with E-state index in [9.17, 15) is 25.0 Å². The number of fused-ring (bicyclic) bond motifs is 1. The highest BCUT2D eigenvalue weighted by molar-refractivity contribution is 9.10. The Morgan fingerprint density at radius 2 is 1.92 bits per heavy atom. The predicted octanol–water partition coefficient (Wildman–Crippen LogP) is 5.40. The summed E-state index contributed by atoms with van der Waals surface area (Å²) in [6.07, 6.45) is 1.25. The third-order valence-electron chi connectivity index (χ3n) is 5.04. The lowest BCUT2D eigenvalue weighted by Gasteiger charge is -2.10. The number of halogens is 2. The van der Waals surface area contributed by atoms with Crippen molar-refractivity contribution in [3.05, 3.63) is 112 Å². The lowest BCUT2D eigenvalue weighted by atomic mass is 10.2. The van der Waals surface area contributed by atoms with Crippen LogP contribution in [0.4, 0.5) is 11.4 Å². The smallest absolute Gasteiger partial charge is 0.313 e. The number of rotatable bonds is 7. The maximum absolute atomic E-state index is 12.9. The molecule has 0 N–H and O–H groups in total. The number of hydrogen-bond donors (Lipinski definition) is 0. The number of benzene rings is 3. The summed E-state index contributed by atoms with van der Waals surface area (Å²) in [5, 5.41) is 27.1. The first kappa shape index (κ1) is 24.9.